The molecule has 9 heteroatoms. The zero-order valence-corrected chi connectivity index (χ0v) is 16.9. The second-order valence-electron chi connectivity index (χ2n) is 6.61. The van der Waals surface area contributed by atoms with Gasteiger partial charge in [-0.2, -0.15) is 0 Å². The molecule has 7 nitrogen and oxygen atoms in total. The summed E-state index contributed by atoms with van der Waals surface area (Å²) >= 11 is 5.90. The number of benzene rings is 2. The van der Waals surface area contributed by atoms with Crippen LogP contribution in [-0.2, 0) is 20.2 Å². The molecule has 1 saturated heterocycles. The minimum absolute atomic E-state index is 0.0637. The maximum absolute atomic E-state index is 12.9. The maximum atomic E-state index is 12.9. The molecule has 2 aromatic rings. The average Bonchev–Trinajstić information content (AvgIpc) is 2.85. The van der Waals surface area contributed by atoms with Gasteiger partial charge in [-0.3, -0.25) is 9.69 Å². The molecular weight excluding hydrogens is 404 g/mol. The highest BCUT2D eigenvalue weighted by Crippen LogP contribution is 2.29. The number of rotatable bonds is 6. The van der Waals surface area contributed by atoms with Gasteiger partial charge in [-0.05, 0) is 42.8 Å². The molecule has 1 aliphatic heterocycles. The first-order valence-corrected chi connectivity index (χ1v) is 10.7. The number of urea groups is 1. The molecule has 1 atom stereocenters. The maximum Gasteiger partial charge on any atom is 0.325 e. The van der Waals surface area contributed by atoms with Gasteiger partial charge >= 0.3 is 6.03 Å². The quantitative estimate of drug-likeness (QED) is 0.722. The zero-order chi connectivity index (χ0) is 20.5. The van der Waals surface area contributed by atoms with Crippen LogP contribution in [0.5, 0.6) is 5.75 Å². The summed E-state index contributed by atoms with van der Waals surface area (Å²) in [5, 5.41) is 3.20. The molecule has 0 radical (unpaired) electrons. The smallest absolute Gasteiger partial charge is 0.325 e. The summed E-state index contributed by atoms with van der Waals surface area (Å²) in [5.41, 5.74) is -0.778. The third-order valence-corrected chi connectivity index (χ3v) is 5.88. The van der Waals surface area contributed by atoms with Gasteiger partial charge in [0.15, 0.2) is 9.84 Å². The number of hydrogen-bond acceptors (Lipinski definition) is 5. The van der Waals surface area contributed by atoms with Crippen LogP contribution in [0.1, 0.15) is 12.5 Å². The van der Waals surface area contributed by atoms with E-state index in [9.17, 15) is 18.0 Å². The SMILES string of the molecule is C[C@@]1(c2ccc(S(C)(=O)=O)cc2)NC(=O)N(CCOc2cccc(Cl)c2)C1=O. The van der Waals surface area contributed by atoms with E-state index in [1.807, 2.05) is 0 Å². The molecular formula is C19H19ClN2O5S. The lowest BCUT2D eigenvalue weighted by molar-refractivity contribution is -0.131. The van der Waals surface area contributed by atoms with Gasteiger partial charge in [-0.15, -0.1) is 0 Å². The summed E-state index contributed by atoms with van der Waals surface area (Å²) in [6.45, 7) is 1.76. The van der Waals surface area contributed by atoms with E-state index < -0.39 is 27.3 Å². The summed E-state index contributed by atoms with van der Waals surface area (Å²) < 4.78 is 28.8. The Morgan fingerprint density at radius 1 is 1.14 bits per heavy atom. The van der Waals surface area contributed by atoms with Gasteiger partial charge in [0, 0.05) is 11.3 Å². The standard InChI is InChI=1S/C19H19ClN2O5S/c1-19(13-6-8-16(9-7-13)28(2,25)26)17(23)22(18(24)21-19)10-11-27-15-5-3-4-14(20)12-15/h3-9,12H,10-11H2,1-2H3,(H,21,24)/t19-/m0/s1. The molecule has 1 N–H and O–H groups in total. The largest absolute Gasteiger partial charge is 0.492 e. The number of sulfone groups is 1. The third-order valence-electron chi connectivity index (χ3n) is 4.51. The van der Waals surface area contributed by atoms with Crippen molar-refractivity contribution in [3.63, 3.8) is 0 Å². The molecule has 0 spiro atoms. The van der Waals surface area contributed by atoms with E-state index in [-0.39, 0.29) is 18.0 Å². The molecule has 0 unspecified atom stereocenters. The summed E-state index contributed by atoms with van der Waals surface area (Å²) in [4.78, 5) is 26.4. The number of hydrogen-bond donors (Lipinski definition) is 1. The number of carbonyl (C=O) groups is 2. The summed E-state index contributed by atoms with van der Waals surface area (Å²) in [6, 6.07) is 12.2. The van der Waals surface area contributed by atoms with Crippen LogP contribution in [0.4, 0.5) is 4.79 Å². The molecule has 1 heterocycles. The van der Waals surface area contributed by atoms with E-state index in [0.717, 1.165) is 11.2 Å². The van der Waals surface area contributed by atoms with Crippen molar-refractivity contribution in [2.24, 2.45) is 0 Å². The Morgan fingerprint density at radius 2 is 1.82 bits per heavy atom. The van der Waals surface area contributed by atoms with Crippen LogP contribution < -0.4 is 10.1 Å². The number of imide groups is 1. The van der Waals surface area contributed by atoms with Crippen molar-refractivity contribution in [1.29, 1.82) is 0 Å². The van der Waals surface area contributed by atoms with Gasteiger partial charge in [-0.25, -0.2) is 13.2 Å². The van der Waals surface area contributed by atoms with E-state index >= 15 is 0 Å². The van der Waals surface area contributed by atoms with Gasteiger partial charge in [-0.1, -0.05) is 29.8 Å². The Labute approximate surface area is 168 Å². The number of ether oxygens (including phenoxy) is 1. The van der Waals surface area contributed by atoms with E-state index in [1.54, 1.807) is 31.2 Å². The topological polar surface area (TPSA) is 92.8 Å². The molecule has 3 amide bonds. The molecule has 0 aliphatic carbocycles. The first-order chi connectivity index (χ1) is 13.1. The van der Waals surface area contributed by atoms with Crippen molar-refractivity contribution in [3.05, 3.63) is 59.1 Å². The van der Waals surface area contributed by atoms with E-state index in [4.69, 9.17) is 16.3 Å². The molecule has 1 fully saturated rings. The zero-order valence-electron chi connectivity index (χ0n) is 15.3. The van der Waals surface area contributed by atoms with Crippen molar-refractivity contribution in [1.82, 2.24) is 10.2 Å². The van der Waals surface area contributed by atoms with E-state index in [0.29, 0.717) is 16.3 Å². The lowest BCUT2D eigenvalue weighted by atomic mass is 9.92. The average molecular weight is 423 g/mol. The van der Waals surface area contributed by atoms with Crippen LogP contribution >= 0.6 is 11.6 Å². The summed E-state index contributed by atoms with van der Waals surface area (Å²) in [6.07, 6.45) is 1.11. The molecule has 28 heavy (non-hydrogen) atoms. The van der Waals surface area contributed by atoms with Gasteiger partial charge in [0.25, 0.3) is 5.91 Å². The predicted molar refractivity (Wildman–Crippen MR) is 104 cm³/mol. The summed E-state index contributed by atoms with van der Waals surface area (Å²) in [7, 11) is -3.35. The van der Waals surface area contributed by atoms with Gasteiger partial charge in [0.2, 0.25) is 0 Å². The highest BCUT2D eigenvalue weighted by Gasteiger charge is 2.48. The van der Waals surface area contributed by atoms with Crippen molar-refractivity contribution in [2.45, 2.75) is 17.4 Å². The normalized spacial score (nSPS) is 19.6. The molecule has 3 rings (SSSR count). The number of nitrogens with one attached hydrogen (secondary N) is 1. The van der Waals surface area contributed by atoms with Crippen LogP contribution in [-0.4, -0.2) is 44.7 Å². The lowest BCUT2D eigenvalue weighted by Crippen LogP contribution is -2.41. The number of amides is 3. The molecule has 0 aromatic heterocycles. The highest BCUT2D eigenvalue weighted by atomic mass is 35.5. The van der Waals surface area contributed by atoms with Crippen LogP contribution in [0.2, 0.25) is 5.02 Å². The molecule has 0 bridgehead atoms. The Hall–Kier alpha value is -2.58. The minimum atomic E-state index is -3.35. The van der Waals surface area contributed by atoms with Crippen molar-refractivity contribution in [3.8, 4) is 5.75 Å². The van der Waals surface area contributed by atoms with Crippen LogP contribution in [0.25, 0.3) is 0 Å². The van der Waals surface area contributed by atoms with E-state index in [2.05, 4.69) is 5.32 Å². The number of nitrogens with zero attached hydrogens (tertiary/aromatic N) is 1. The van der Waals surface area contributed by atoms with Gasteiger partial charge in [0.05, 0.1) is 11.4 Å². The third kappa shape index (κ3) is 3.98. The summed E-state index contributed by atoms with van der Waals surface area (Å²) in [5.74, 6) is 0.109. The number of halogens is 1. The fourth-order valence-corrected chi connectivity index (χ4v) is 3.75. The fourth-order valence-electron chi connectivity index (χ4n) is 2.94. The first-order valence-electron chi connectivity index (χ1n) is 8.44. The lowest BCUT2D eigenvalue weighted by Gasteiger charge is -2.22. The molecule has 1 aliphatic rings. The Morgan fingerprint density at radius 3 is 2.43 bits per heavy atom. The van der Waals surface area contributed by atoms with Crippen molar-refractivity contribution >= 4 is 33.4 Å². The monoisotopic (exact) mass is 422 g/mol. The second-order valence-corrected chi connectivity index (χ2v) is 9.07. The number of carbonyl (C=O) groups excluding carboxylic acids is 2. The van der Waals surface area contributed by atoms with Crippen LogP contribution in [0.3, 0.4) is 0 Å². The second kappa shape index (κ2) is 7.44. The Bertz CT molecular complexity index is 1020. The van der Waals surface area contributed by atoms with Crippen LogP contribution in [0, 0.1) is 0 Å². The molecule has 0 saturated carbocycles. The predicted octanol–water partition coefficient (Wildman–Crippen LogP) is 2.59. The van der Waals surface area contributed by atoms with Crippen LogP contribution in [0.15, 0.2) is 53.4 Å². The molecule has 148 valence electrons. The first kappa shape index (κ1) is 20.2. The highest BCUT2D eigenvalue weighted by molar-refractivity contribution is 7.90. The fraction of sp³-hybridized carbons (Fsp3) is 0.263. The van der Waals surface area contributed by atoms with Crippen molar-refractivity contribution < 1.29 is 22.7 Å². The Balaban J connectivity index is 1.71. The van der Waals surface area contributed by atoms with Crippen molar-refractivity contribution in [2.75, 3.05) is 19.4 Å². The minimum Gasteiger partial charge on any atom is -0.492 e. The van der Waals surface area contributed by atoms with Gasteiger partial charge in [0.1, 0.15) is 17.9 Å². The Kier molecular flexibility index (Phi) is 5.36. The van der Waals surface area contributed by atoms with E-state index in [1.165, 1.54) is 24.3 Å². The molecule has 2 aromatic carbocycles. The van der Waals surface area contributed by atoms with Gasteiger partial charge < -0.3 is 10.1 Å².